The largest absolute Gasteiger partial charge is 0.347 e. The van der Waals surface area contributed by atoms with E-state index in [1.165, 1.54) is 12.8 Å². The number of aromatic amines is 1. The first-order valence-electron chi connectivity index (χ1n) is 4.99. The van der Waals surface area contributed by atoms with Crippen LogP contribution in [0.15, 0.2) is 12.4 Å². The van der Waals surface area contributed by atoms with E-state index in [0.717, 1.165) is 24.6 Å². The summed E-state index contributed by atoms with van der Waals surface area (Å²) in [6.07, 6.45) is 8.27. The molecule has 1 aromatic rings. The number of nitrogens with two attached hydrogens (primary N) is 1. The zero-order chi connectivity index (χ0) is 9.31. The first kappa shape index (κ1) is 8.75. The molecule has 0 bridgehead atoms. The second kappa shape index (κ2) is 3.14. The van der Waals surface area contributed by atoms with E-state index in [1.807, 2.05) is 6.20 Å². The van der Waals surface area contributed by atoms with Crippen LogP contribution in [0.2, 0.25) is 0 Å². The van der Waals surface area contributed by atoms with Gasteiger partial charge in [0.1, 0.15) is 5.82 Å². The second-order valence-electron chi connectivity index (χ2n) is 4.30. The van der Waals surface area contributed by atoms with Gasteiger partial charge in [0.25, 0.3) is 0 Å². The van der Waals surface area contributed by atoms with Crippen molar-refractivity contribution in [3.05, 3.63) is 18.2 Å². The van der Waals surface area contributed by atoms with Crippen LogP contribution >= 0.6 is 0 Å². The Balaban J connectivity index is 2.20. The van der Waals surface area contributed by atoms with Crippen molar-refractivity contribution in [3.8, 4) is 0 Å². The molecule has 2 atom stereocenters. The molecule has 1 aromatic heterocycles. The van der Waals surface area contributed by atoms with Crippen molar-refractivity contribution in [1.29, 1.82) is 0 Å². The maximum Gasteiger partial charge on any atom is 0.126 e. The highest BCUT2D eigenvalue weighted by atomic mass is 15.0. The van der Waals surface area contributed by atoms with Gasteiger partial charge in [-0.25, -0.2) is 4.98 Å². The summed E-state index contributed by atoms with van der Waals surface area (Å²) in [4.78, 5) is 7.40. The number of aromatic nitrogens is 2. The van der Waals surface area contributed by atoms with Gasteiger partial charge in [-0.1, -0.05) is 19.8 Å². The summed E-state index contributed by atoms with van der Waals surface area (Å²) in [5, 5.41) is 0. The highest BCUT2D eigenvalue weighted by Gasteiger charge is 2.34. The molecule has 1 heterocycles. The molecule has 1 aliphatic carbocycles. The summed E-state index contributed by atoms with van der Waals surface area (Å²) in [6.45, 7) is 2.27. The molecule has 0 saturated heterocycles. The van der Waals surface area contributed by atoms with E-state index >= 15 is 0 Å². The van der Waals surface area contributed by atoms with Crippen molar-refractivity contribution >= 4 is 0 Å². The van der Waals surface area contributed by atoms with Crippen LogP contribution in [0.3, 0.4) is 0 Å². The Morgan fingerprint density at radius 2 is 2.54 bits per heavy atom. The average Bonchev–Trinajstić information content (AvgIpc) is 2.55. The third-order valence-electron chi connectivity index (χ3n) is 3.00. The summed E-state index contributed by atoms with van der Waals surface area (Å²) < 4.78 is 0. The molecule has 0 aromatic carbocycles. The smallest absolute Gasteiger partial charge is 0.126 e. The molecule has 3 N–H and O–H groups in total. The molecule has 3 heteroatoms. The molecule has 13 heavy (non-hydrogen) atoms. The molecular formula is C10H17N3. The van der Waals surface area contributed by atoms with Crippen LogP contribution in [0.4, 0.5) is 0 Å². The number of hydrogen-bond donors (Lipinski definition) is 2. The Hall–Kier alpha value is -0.830. The van der Waals surface area contributed by atoms with Crippen molar-refractivity contribution in [1.82, 2.24) is 9.97 Å². The van der Waals surface area contributed by atoms with Gasteiger partial charge in [0, 0.05) is 12.4 Å². The third kappa shape index (κ3) is 1.61. The minimum atomic E-state index is -0.193. The van der Waals surface area contributed by atoms with E-state index in [2.05, 4.69) is 16.9 Å². The number of imidazole rings is 1. The summed E-state index contributed by atoms with van der Waals surface area (Å²) in [7, 11) is 0. The lowest BCUT2D eigenvalue weighted by Crippen LogP contribution is -2.41. The fraction of sp³-hybridized carbons (Fsp3) is 0.700. The predicted molar refractivity (Wildman–Crippen MR) is 52.1 cm³/mol. The Kier molecular flexibility index (Phi) is 2.12. The Morgan fingerprint density at radius 1 is 1.69 bits per heavy atom. The Morgan fingerprint density at radius 3 is 3.15 bits per heavy atom. The number of hydrogen-bond acceptors (Lipinski definition) is 2. The van der Waals surface area contributed by atoms with Gasteiger partial charge in [-0.2, -0.15) is 0 Å². The maximum absolute atomic E-state index is 6.32. The van der Waals surface area contributed by atoms with E-state index in [1.54, 1.807) is 6.20 Å². The van der Waals surface area contributed by atoms with E-state index in [4.69, 9.17) is 5.73 Å². The summed E-state index contributed by atoms with van der Waals surface area (Å²) in [5.74, 6) is 1.68. The average molecular weight is 179 g/mol. The SMILES string of the molecule is C[C@H]1CCC[C@](N)(c2ncc[nH]2)C1. The van der Waals surface area contributed by atoms with E-state index in [-0.39, 0.29) is 5.54 Å². The normalized spacial score (nSPS) is 34.8. The molecule has 0 unspecified atom stereocenters. The molecule has 1 fully saturated rings. The van der Waals surface area contributed by atoms with Gasteiger partial charge in [0.05, 0.1) is 5.54 Å². The molecule has 3 nitrogen and oxygen atoms in total. The van der Waals surface area contributed by atoms with Gasteiger partial charge >= 0.3 is 0 Å². The molecule has 0 amide bonds. The first-order chi connectivity index (χ1) is 6.21. The maximum atomic E-state index is 6.32. The van der Waals surface area contributed by atoms with Crippen molar-refractivity contribution in [2.45, 2.75) is 38.1 Å². The lowest BCUT2D eigenvalue weighted by atomic mass is 9.76. The van der Waals surface area contributed by atoms with Gasteiger partial charge in [0.15, 0.2) is 0 Å². The number of H-pyrrole nitrogens is 1. The molecule has 1 saturated carbocycles. The molecule has 2 rings (SSSR count). The van der Waals surface area contributed by atoms with Gasteiger partial charge in [-0.15, -0.1) is 0 Å². The highest BCUT2D eigenvalue weighted by Crippen LogP contribution is 2.35. The van der Waals surface area contributed by atoms with Crippen LogP contribution in [-0.2, 0) is 5.54 Å². The molecular weight excluding hydrogens is 162 g/mol. The second-order valence-corrected chi connectivity index (χ2v) is 4.30. The van der Waals surface area contributed by atoms with Crippen LogP contribution in [0.1, 0.15) is 38.4 Å². The number of rotatable bonds is 1. The fourth-order valence-corrected chi connectivity index (χ4v) is 2.34. The zero-order valence-electron chi connectivity index (χ0n) is 8.09. The van der Waals surface area contributed by atoms with Gasteiger partial charge in [-0.05, 0) is 18.8 Å². The van der Waals surface area contributed by atoms with Crippen LogP contribution in [0.25, 0.3) is 0 Å². The van der Waals surface area contributed by atoms with Crippen molar-refractivity contribution < 1.29 is 0 Å². The van der Waals surface area contributed by atoms with Gasteiger partial charge < -0.3 is 10.7 Å². The van der Waals surface area contributed by atoms with Crippen LogP contribution < -0.4 is 5.73 Å². The first-order valence-corrected chi connectivity index (χ1v) is 4.99. The van der Waals surface area contributed by atoms with E-state index < -0.39 is 0 Å². The molecule has 0 spiro atoms. The molecule has 1 aliphatic rings. The lowest BCUT2D eigenvalue weighted by Gasteiger charge is -2.35. The highest BCUT2D eigenvalue weighted by molar-refractivity contribution is 5.07. The summed E-state index contributed by atoms with van der Waals surface area (Å²) >= 11 is 0. The Labute approximate surface area is 78.7 Å². The fourth-order valence-electron chi connectivity index (χ4n) is 2.34. The lowest BCUT2D eigenvalue weighted by molar-refractivity contribution is 0.229. The van der Waals surface area contributed by atoms with Crippen LogP contribution in [0, 0.1) is 5.92 Å². The predicted octanol–water partition coefficient (Wildman–Crippen LogP) is 1.77. The van der Waals surface area contributed by atoms with Gasteiger partial charge in [-0.3, -0.25) is 0 Å². The minimum Gasteiger partial charge on any atom is -0.347 e. The van der Waals surface area contributed by atoms with E-state index in [0.29, 0.717) is 0 Å². The van der Waals surface area contributed by atoms with Crippen LogP contribution in [-0.4, -0.2) is 9.97 Å². The van der Waals surface area contributed by atoms with E-state index in [9.17, 15) is 0 Å². The number of nitrogens with zero attached hydrogens (tertiary/aromatic N) is 1. The van der Waals surface area contributed by atoms with Crippen molar-refractivity contribution in [2.24, 2.45) is 11.7 Å². The summed E-state index contributed by atoms with van der Waals surface area (Å²) in [6, 6.07) is 0. The number of nitrogens with one attached hydrogen (secondary N) is 1. The third-order valence-corrected chi connectivity index (χ3v) is 3.00. The quantitative estimate of drug-likeness (QED) is 0.690. The topological polar surface area (TPSA) is 54.7 Å². The monoisotopic (exact) mass is 179 g/mol. The minimum absolute atomic E-state index is 0.193. The zero-order valence-corrected chi connectivity index (χ0v) is 8.09. The van der Waals surface area contributed by atoms with Gasteiger partial charge in [0.2, 0.25) is 0 Å². The molecule has 0 radical (unpaired) electrons. The Bertz CT molecular complexity index is 268. The van der Waals surface area contributed by atoms with Crippen molar-refractivity contribution in [3.63, 3.8) is 0 Å². The van der Waals surface area contributed by atoms with Crippen molar-refractivity contribution in [2.75, 3.05) is 0 Å². The van der Waals surface area contributed by atoms with Crippen LogP contribution in [0.5, 0.6) is 0 Å². The molecule has 72 valence electrons. The summed E-state index contributed by atoms with van der Waals surface area (Å²) in [5.41, 5.74) is 6.13. The molecule has 0 aliphatic heterocycles. The standard InChI is InChI=1S/C10H17N3/c1-8-3-2-4-10(11,7-8)9-12-5-6-13-9/h5-6,8H,2-4,7,11H2,1H3,(H,12,13)/t8-,10+/m0/s1.